The van der Waals surface area contributed by atoms with Gasteiger partial charge < -0.3 is 10.1 Å². The first-order valence-corrected chi connectivity index (χ1v) is 5.95. The molecular formula is C14H18FNO3. The van der Waals surface area contributed by atoms with E-state index in [-0.39, 0.29) is 23.6 Å². The molecule has 0 saturated carbocycles. The number of ether oxygens (including phenoxy) is 1. The second-order valence-electron chi connectivity index (χ2n) is 4.92. The minimum atomic E-state index is -0.572. The summed E-state index contributed by atoms with van der Waals surface area (Å²) < 4.78 is 17.3. The Hall–Kier alpha value is -1.91. The van der Waals surface area contributed by atoms with Crippen molar-refractivity contribution in [1.29, 1.82) is 0 Å². The summed E-state index contributed by atoms with van der Waals surface area (Å²) in [5.41, 5.74) is 0.562. The third-order valence-corrected chi connectivity index (χ3v) is 2.89. The van der Waals surface area contributed by atoms with Crippen LogP contribution in [0, 0.1) is 5.82 Å². The Balaban J connectivity index is 2.57. The Morgan fingerprint density at radius 1 is 1.26 bits per heavy atom. The topological polar surface area (TPSA) is 55.4 Å². The SMILES string of the molecule is COC(=O)CC(=O)NCC(C)(C)c1ccc(F)cc1. The zero-order chi connectivity index (χ0) is 14.5. The van der Waals surface area contributed by atoms with Crippen molar-refractivity contribution in [2.75, 3.05) is 13.7 Å². The molecule has 1 amide bonds. The summed E-state index contributed by atoms with van der Waals surface area (Å²) >= 11 is 0. The highest BCUT2D eigenvalue weighted by Crippen LogP contribution is 2.22. The summed E-state index contributed by atoms with van der Waals surface area (Å²) in [7, 11) is 1.23. The van der Waals surface area contributed by atoms with Gasteiger partial charge >= 0.3 is 5.97 Å². The lowest BCUT2D eigenvalue weighted by atomic mass is 9.84. The Morgan fingerprint density at radius 2 is 1.84 bits per heavy atom. The van der Waals surface area contributed by atoms with Gasteiger partial charge in [-0.3, -0.25) is 9.59 Å². The molecule has 0 aliphatic rings. The van der Waals surface area contributed by atoms with Crippen LogP contribution in [0.1, 0.15) is 25.8 Å². The van der Waals surface area contributed by atoms with Crippen LogP contribution in [0.3, 0.4) is 0 Å². The fourth-order valence-electron chi connectivity index (χ4n) is 1.59. The van der Waals surface area contributed by atoms with Crippen LogP contribution >= 0.6 is 0 Å². The van der Waals surface area contributed by atoms with Gasteiger partial charge in [-0.05, 0) is 17.7 Å². The van der Waals surface area contributed by atoms with E-state index in [4.69, 9.17) is 0 Å². The molecule has 0 unspecified atom stereocenters. The second kappa shape index (κ2) is 6.31. The number of benzene rings is 1. The summed E-state index contributed by atoms with van der Waals surface area (Å²) in [5, 5.41) is 2.67. The average Bonchev–Trinajstić information content (AvgIpc) is 2.37. The zero-order valence-corrected chi connectivity index (χ0v) is 11.3. The van der Waals surface area contributed by atoms with Crippen molar-refractivity contribution in [3.05, 3.63) is 35.6 Å². The number of carbonyl (C=O) groups excluding carboxylic acids is 2. The normalized spacial score (nSPS) is 10.9. The van der Waals surface area contributed by atoms with Crippen molar-refractivity contribution in [2.45, 2.75) is 25.7 Å². The molecule has 0 saturated heterocycles. The van der Waals surface area contributed by atoms with E-state index in [1.54, 1.807) is 12.1 Å². The van der Waals surface area contributed by atoms with Crippen molar-refractivity contribution < 1.29 is 18.7 Å². The highest BCUT2D eigenvalue weighted by atomic mass is 19.1. The van der Waals surface area contributed by atoms with E-state index < -0.39 is 5.97 Å². The van der Waals surface area contributed by atoms with Gasteiger partial charge in [0, 0.05) is 12.0 Å². The fraction of sp³-hybridized carbons (Fsp3) is 0.429. The fourth-order valence-corrected chi connectivity index (χ4v) is 1.59. The Labute approximate surface area is 112 Å². The molecule has 1 aromatic rings. The molecule has 4 nitrogen and oxygen atoms in total. The number of nitrogens with one attached hydrogen (secondary N) is 1. The van der Waals surface area contributed by atoms with Crippen LogP contribution in [-0.4, -0.2) is 25.5 Å². The number of halogens is 1. The maximum atomic E-state index is 12.9. The van der Waals surface area contributed by atoms with Crippen molar-refractivity contribution in [3.8, 4) is 0 Å². The monoisotopic (exact) mass is 267 g/mol. The summed E-state index contributed by atoms with van der Waals surface area (Å²) in [6.45, 7) is 4.21. The van der Waals surface area contributed by atoms with Gasteiger partial charge in [0.2, 0.25) is 5.91 Å². The summed E-state index contributed by atoms with van der Waals surface area (Å²) in [5.74, 6) is -1.26. The van der Waals surface area contributed by atoms with Crippen molar-refractivity contribution >= 4 is 11.9 Å². The third-order valence-electron chi connectivity index (χ3n) is 2.89. The van der Waals surface area contributed by atoms with Crippen molar-refractivity contribution in [2.24, 2.45) is 0 Å². The highest BCUT2D eigenvalue weighted by molar-refractivity contribution is 5.94. The van der Waals surface area contributed by atoms with E-state index in [0.717, 1.165) is 5.56 Å². The van der Waals surface area contributed by atoms with E-state index in [2.05, 4.69) is 10.1 Å². The highest BCUT2D eigenvalue weighted by Gasteiger charge is 2.22. The lowest BCUT2D eigenvalue weighted by molar-refractivity contribution is -0.143. The van der Waals surface area contributed by atoms with Gasteiger partial charge in [-0.2, -0.15) is 0 Å². The quantitative estimate of drug-likeness (QED) is 0.653. The molecule has 0 aliphatic heterocycles. The van der Waals surface area contributed by atoms with Crippen LogP contribution < -0.4 is 5.32 Å². The third kappa shape index (κ3) is 4.69. The van der Waals surface area contributed by atoms with E-state index in [9.17, 15) is 14.0 Å². The first-order valence-electron chi connectivity index (χ1n) is 5.95. The first-order chi connectivity index (χ1) is 8.85. The van der Waals surface area contributed by atoms with Crippen LogP contribution in [-0.2, 0) is 19.7 Å². The maximum absolute atomic E-state index is 12.9. The van der Waals surface area contributed by atoms with Gasteiger partial charge in [0.25, 0.3) is 0 Å². The summed E-state index contributed by atoms with van der Waals surface area (Å²) in [6.07, 6.45) is -0.296. The Bertz CT molecular complexity index is 454. The Kier molecular flexibility index (Phi) is 5.03. The van der Waals surface area contributed by atoms with Gasteiger partial charge in [0.1, 0.15) is 12.2 Å². The van der Waals surface area contributed by atoms with E-state index >= 15 is 0 Å². The Morgan fingerprint density at radius 3 is 2.37 bits per heavy atom. The van der Waals surface area contributed by atoms with Gasteiger partial charge in [-0.15, -0.1) is 0 Å². The van der Waals surface area contributed by atoms with E-state index in [1.165, 1.54) is 19.2 Å². The molecule has 19 heavy (non-hydrogen) atoms. The number of hydrogen-bond acceptors (Lipinski definition) is 3. The van der Waals surface area contributed by atoms with Crippen LogP contribution in [0.25, 0.3) is 0 Å². The predicted octanol–water partition coefficient (Wildman–Crippen LogP) is 1.78. The molecule has 0 atom stereocenters. The minimum Gasteiger partial charge on any atom is -0.469 e. The molecule has 0 radical (unpaired) electrons. The molecule has 0 heterocycles. The second-order valence-corrected chi connectivity index (χ2v) is 4.92. The summed E-state index contributed by atoms with van der Waals surface area (Å²) in [4.78, 5) is 22.4. The van der Waals surface area contributed by atoms with E-state index in [1.807, 2.05) is 13.8 Å². The number of methoxy groups -OCH3 is 1. The van der Waals surface area contributed by atoms with E-state index in [0.29, 0.717) is 6.54 Å². The molecule has 1 rings (SSSR count). The zero-order valence-electron chi connectivity index (χ0n) is 11.3. The van der Waals surface area contributed by atoms with Crippen LogP contribution in [0.4, 0.5) is 4.39 Å². The first kappa shape index (κ1) is 15.1. The number of esters is 1. The van der Waals surface area contributed by atoms with Crippen LogP contribution in [0.15, 0.2) is 24.3 Å². The average molecular weight is 267 g/mol. The molecule has 104 valence electrons. The standard InChI is InChI=1S/C14H18FNO3/c1-14(2,10-4-6-11(15)7-5-10)9-16-12(17)8-13(18)19-3/h4-7H,8-9H2,1-3H3,(H,16,17). The van der Waals surface area contributed by atoms with Crippen LogP contribution in [0.5, 0.6) is 0 Å². The van der Waals surface area contributed by atoms with Gasteiger partial charge in [-0.1, -0.05) is 26.0 Å². The molecular weight excluding hydrogens is 249 g/mol. The van der Waals surface area contributed by atoms with Gasteiger partial charge in [0.15, 0.2) is 0 Å². The molecule has 0 aliphatic carbocycles. The molecule has 0 spiro atoms. The smallest absolute Gasteiger partial charge is 0.315 e. The van der Waals surface area contributed by atoms with Gasteiger partial charge in [0.05, 0.1) is 7.11 Å². The lowest BCUT2D eigenvalue weighted by Crippen LogP contribution is -2.37. The van der Waals surface area contributed by atoms with Gasteiger partial charge in [-0.25, -0.2) is 4.39 Å². The van der Waals surface area contributed by atoms with Crippen molar-refractivity contribution in [3.63, 3.8) is 0 Å². The predicted molar refractivity (Wildman–Crippen MR) is 69.1 cm³/mol. The van der Waals surface area contributed by atoms with Crippen molar-refractivity contribution in [1.82, 2.24) is 5.32 Å². The maximum Gasteiger partial charge on any atom is 0.315 e. The molecule has 5 heteroatoms. The number of amides is 1. The summed E-state index contributed by atoms with van der Waals surface area (Å²) in [6, 6.07) is 6.13. The number of hydrogen-bond donors (Lipinski definition) is 1. The molecule has 1 aromatic carbocycles. The molecule has 0 fully saturated rings. The van der Waals surface area contributed by atoms with Crippen LogP contribution in [0.2, 0.25) is 0 Å². The largest absolute Gasteiger partial charge is 0.469 e. The molecule has 0 aromatic heterocycles. The number of rotatable bonds is 5. The minimum absolute atomic E-state index is 0.296. The lowest BCUT2D eigenvalue weighted by Gasteiger charge is -2.25. The molecule has 1 N–H and O–H groups in total. The number of carbonyl (C=O) groups is 2. The molecule has 0 bridgehead atoms.